The number of hydrogen-bond donors (Lipinski definition) is 1. The molecule has 0 saturated carbocycles. The quantitative estimate of drug-likeness (QED) is 0.810. The lowest BCUT2D eigenvalue weighted by molar-refractivity contribution is -0.122. The van der Waals surface area contributed by atoms with Gasteiger partial charge in [-0.2, -0.15) is 0 Å². The highest BCUT2D eigenvalue weighted by molar-refractivity contribution is 6.38. The van der Waals surface area contributed by atoms with E-state index in [2.05, 4.69) is 10.3 Å². The number of nitrogens with one attached hydrogen (secondary N) is 1. The van der Waals surface area contributed by atoms with Crippen molar-refractivity contribution in [3.05, 3.63) is 35.9 Å². The van der Waals surface area contributed by atoms with E-state index in [1.165, 1.54) is 4.90 Å². The van der Waals surface area contributed by atoms with Crippen LogP contribution in [0.25, 0.3) is 0 Å². The number of nitrogens with zero attached hydrogens (tertiary/aromatic N) is 2. The summed E-state index contributed by atoms with van der Waals surface area (Å²) in [6, 6.07) is 9.13. The van der Waals surface area contributed by atoms with E-state index in [0.717, 1.165) is 0 Å². The van der Waals surface area contributed by atoms with Crippen LogP contribution in [-0.2, 0) is 4.79 Å². The number of likely N-dealkylation sites (N-methyl/N-ethyl adjacent to an activating group) is 1. The van der Waals surface area contributed by atoms with Crippen molar-refractivity contribution in [1.29, 1.82) is 0 Å². The molecule has 0 bridgehead atoms. The molecule has 1 atom stereocenters. The van der Waals surface area contributed by atoms with E-state index in [1.54, 1.807) is 31.3 Å². The van der Waals surface area contributed by atoms with Gasteiger partial charge >= 0.3 is 0 Å². The summed E-state index contributed by atoms with van der Waals surface area (Å²) in [6.45, 7) is 2.61. The van der Waals surface area contributed by atoms with Gasteiger partial charge in [0.2, 0.25) is 0 Å². The predicted octanol–water partition coefficient (Wildman–Crippen LogP) is 0.718. The molecule has 5 nitrogen and oxygen atoms in total. The molecule has 1 aliphatic rings. The summed E-state index contributed by atoms with van der Waals surface area (Å²) in [5.41, 5.74) is 0.608. The minimum atomic E-state index is -0.242. The van der Waals surface area contributed by atoms with Crippen molar-refractivity contribution in [3.8, 4) is 0 Å². The molecule has 0 radical (unpaired) electrons. The Balaban J connectivity index is 1.96. The Bertz CT molecular complexity index is 511. The van der Waals surface area contributed by atoms with Crippen LogP contribution in [0.4, 0.5) is 0 Å². The molecule has 1 unspecified atom stereocenters. The van der Waals surface area contributed by atoms with Crippen LogP contribution < -0.4 is 5.32 Å². The van der Waals surface area contributed by atoms with Crippen LogP contribution in [-0.4, -0.2) is 48.6 Å². The van der Waals surface area contributed by atoms with Crippen LogP contribution in [0.1, 0.15) is 17.3 Å². The molecule has 1 aromatic carbocycles. The third-order valence-electron chi connectivity index (χ3n) is 2.93. The van der Waals surface area contributed by atoms with Crippen molar-refractivity contribution in [2.45, 2.75) is 13.0 Å². The van der Waals surface area contributed by atoms with E-state index in [-0.39, 0.29) is 24.3 Å². The first-order valence-electron chi connectivity index (χ1n) is 6.22. The highest BCUT2D eigenvalue weighted by atomic mass is 16.2. The van der Waals surface area contributed by atoms with Crippen molar-refractivity contribution < 1.29 is 9.59 Å². The summed E-state index contributed by atoms with van der Waals surface area (Å²) >= 11 is 0. The summed E-state index contributed by atoms with van der Waals surface area (Å²) < 4.78 is 0. The lowest BCUT2D eigenvalue weighted by Gasteiger charge is -2.16. The fourth-order valence-corrected chi connectivity index (χ4v) is 1.87. The Kier molecular flexibility index (Phi) is 3.94. The van der Waals surface area contributed by atoms with Crippen LogP contribution in [0.5, 0.6) is 0 Å². The monoisotopic (exact) mass is 259 g/mol. The molecular formula is C14H17N3O2. The Labute approximate surface area is 112 Å². The third-order valence-corrected chi connectivity index (χ3v) is 2.93. The largest absolute Gasteiger partial charge is 0.361 e. The van der Waals surface area contributed by atoms with E-state index < -0.39 is 0 Å². The first kappa shape index (κ1) is 13.3. The molecule has 2 rings (SSSR count). The van der Waals surface area contributed by atoms with Gasteiger partial charge in [-0.25, -0.2) is 0 Å². The first-order valence-corrected chi connectivity index (χ1v) is 6.22. The zero-order valence-corrected chi connectivity index (χ0v) is 11.1. The topological polar surface area (TPSA) is 61.8 Å². The molecule has 19 heavy (non-hydrogen) atoms. The highest BCUT2D eigenvalue weighted by Gasteiger charge is 2.23. The number of rotatable bonds is 4. The lowest BCUT2D eigenvalue weighted by atomic mass is 10.1. The fraction of sp³-hybridized carbons (Fsp3) is 0.357. The van der Waals surface area contributed by atoms with Gasteiger partial charge < -0.3 is 10.2 Å². The lowest BCUT2D eigenvalue weighted by Crippen LogP contribution is -2.43. The molecule has 0 aliphatic carbocycles. The number of benzene rings is 1. The van der Waals surface area contributed by atoms with Gasteiger partial charge in [0.1, 0.15) is 0 Å². The van der Waals surface area contributed by atoms with Crippen LogP contribution in [0, 0.1) is 0 Å². The maximum atomic E-state index is 12.0. The molecule has 1 N–H and O–H groups in total. The number of carbonyl (C=O) groups excluding carboxylic acids is 2. The molecule has 1 amide bonds. The molecule has 100 valence electrons. The summed E-state index contributed by atoms with van der Waals surface area (Å²) in [7, 11) is 1.61. The number of carbonyl (C=O) groups is 2. The predicted molar refractivity (Wildman–Crippen MR) is 73.3 cm³/mol. The third kappa shape index (κ3) is 3.19. The molecule has 0 saturated heterocycles. The number of amidine groups is 1. The number of aliphatic imine (C=N–C) groups is 1. The molecule has 0 spiro atoms. The van der Waals surface area contributed by atoms with E-state index >= 15 is 0 Å². The summed E-state index contributed by atoms with van der Waals surface area (Å²) in [5.74, 6) is 0.0209. The molecule has 0 aromatic heterocycles. The van der Waals surface area contributed by atoms with E-state index in [1.807, 2.05) is 13.0 Å². The van der Waals surface area contributed by atoms with Crippen LogP contribution >= 0.6 is 0 Å². The van der Waals surface area contributed by atoms with Crippen molar-refractivity contribution in [2.24, 2.45) is 4.99 Å². The summed E-state index contributed by atoms with van der Waals surface area (Å²) in [5, 5.41) is 2.99. The van der Waals surface area contributed by atoms with Crippen molar-refractivity contribution in [2.75, 3.05) is 20.1 Å². The zero-order valence-electron chi connectivity index (χ0n) is 11.1. The van der Waals surface area contributed by atoms with Gasteiger partial charge in [0.15, 0.2) is 11.6 Å². The van der Waals surface area contributed by atoms with Gasteiger partial charge in [-0.3, -0.25) is 14.6 Å². The standard InChI is InChI=1S/C14H17N3O2/c1-10-8-15-13(16-10)14(19)17(2)9-12(18)11-6-4-3-5-7-11/h3-7,10H,8-9H2,1-2H3,(H,15,16). The van der Waals surface area contributed by atoms with Gasteiger partial charge in [-0.15, -0.1) is 0 Å². The van der Waals surface area contributed by atoms with E-state index in [4.69, 9.17) is 0 Å². The van der Waals surface area contributed by atoms with Gasteiger partial charge in [-0.05, 0) is 6.92 Å². The highest BCUT2D eigenvalue weighted by Crippen LogP contribution is 2.03. The fourth-order valence-electron chi connectivity index (χ4n) is 1.87. The van der Waals surface area contributed by atoms with Crippen LogP contribution in [0.2, 0.25) is 0 Å². The van der Waals surface area contributed by atoms with E-state index in [0.29, 0.717) is 17.9 Å². The number of amides is 1. The van der Waals surface area contributed by atoms with Crippen LogP contribution in [0.3, 0.4) is 0 Å². The molecule has 1 aromatic rings. The molecule has 1 aliphatic heterocycles. The molecule has 1 heterocycles. The van der Waals surface area contributed by atoms with Gasteiger partial charge in [0.05, 0.1) is 13.1 Å². The van der Waals surface area contributed by atoms with Crippen LogP contribution in [0.15, 0.2) is 35.3 Å². The Morgan fingerprint density at radius 3 is 2.63 bits per heavy atom. The smallest absolute Gasteiger partial charge is 0.289 e. The van der Waals surface area contributed by atoms with Crippen molar-refractivity contribution in [3.63, 3.8) is 0 Å². The first-order chi connectivity index (χ1) is 9.08. The number of ketones is 1. The second-order valence-electron chi connectivity index (χ2n) is 4.69. The number of Topliss-reactive ketones (excluding diaryl/α,β-unsaturated/α-hetero) is 1. The van der Waals surface area contributed by atoms with Gasteiger partial charge in [0, 0.05) is 18.7 Å². The Morgan fingerprint density at radius 1 is 1.37 bits per heavy atom. The zero-order chi connectivity index (χ0) is 13.8. The second kappa shape index (κ2) is 5.65. The van der Waals surface area contributed by atoms with Crippen molar-refractivity contribution >= 4 is 17.5 Å². The van der Waals surface area contributed by atoms with Crippen molar-refractivity contribution in [1.82, 2.24) is 10.2 Å². The normalized spacial score (nSPS) is 17.6. The van der Waals surface area contributed by atoms with Gasteiger partial charge in [0.25, 0.3) is 5.91 Å². The summed E-state index contributed by atoms with van der Waals surface area (Å²) in [4.78, 5) is 29.5. The minimum absolute atomic E-state index is 0.0535. The van der Waals surface area contributed by atoms with Gasteiger partial charge in [-0.1, -0.05) is 30.3 Å². The maximum Gasteiger partial charge on any atom is 0.289 e. The average molecular weight is 259 g/mol. The molecule has 5 heteroatoms. The second-order valence-corrected chi connectivity index (χ2v) is 4.69. The molecule has 0 fully saturated rings. The maximum absolute atomic E-state index is 12.0. The Morgan fingerprint density at radius 2 is 2.05 bits per heavy atom. The minimum Gasteiger partial charge on any atom is -0.361 e. The molecular weight excluding hydrogens is 242 g/mol. The average Bonchev–Trinajstić information content (AvgIpc) is 2.85. The SMILES string of the molecule is CC1CN=C(C(=O)N(C)CC(=O)c2ccccc2)N1. The number of hydrogen-bond acceptors (Lipinski definition) is 4. The summed E-state index contributed by atoms with van der Waals surface area (Å²) in [6.07, 6.45) is 0. The Hall–Kier alpha value is -2.17. The van der Waals surface area contributed by atoms with E-state index in [9.17, 15) is 9.59 Å².